The summed E-state index contributed by atoms with van der Waals surface area (Å²) in [6, 6.07) is 1.76. The maximum atomic E-state index is 9.33. The third-order valence-corrected chi connectivity index (χ3v) is 3.25. The summed E-state index contributed by atoms with van der Waals surface area (Å²) in [5.41, 5.74) is -0.324. The molecule has 0 saturated carbocycles. The molecule has 0 aliphatic carbocycles. The lowest BCUT2D eigenvalue weighted by Gasteiger charge is -2.42. The Balaban J connectivity index is 2.27. The molecular weight excluding hydrogens is 266 g/mol. The molecule has 2 rings (SSSR count). The van der Waals surface area contributed by atoms with Crippen molar-refractivity contribution in [2.75, 3.05) is 24.6 Å². The number of halogens is 1. The standard InChI is InChI=1S/C13H20ClN3O2/c1-4-11-15-10(14)5-12(16-11)17-6-9(7-18)19-13(2,3)8-17/h5,9,18H,4,6-8H2,1-3H3. The summed E-state index contributed by atoms with van der Waals surface area (Å²) in [5, 5.41) is 9.78. The fourth-order valence-corrected chi connectivity index (χ4v) is 2.53. The maximum Gasteiger partial charge on any atom is 0.134 e. The van der Waals surface area contributed by atoms with Crippen molar-refractivity contribution in [2.24, 2.45) is 0 Å². The van der Waals surface area contributed by atoms with Gasteiger partial charge in [0.1, 0.15) is 16.8 Å². The van der Waals surface area contributed by atoms with Gasteiger partial charge >= 0.3 is 0 Å². The zero-order chi connectivity index (χ0) is 14.0. The number of morpholine rings is 1. The summed E-state index contributed by atoms with van der Waals surface area (Å²) in [5.74, 6) is 1.53. The molecule has 1 fully saturated rings. The lowest BCUT2D eigenvalue weighted by atomic mass is 10.1. The van der Waals surface area contributed by atoms with Gasteiger partial charge < -0.3 is 14.7 Å². The van der Waals surface area contributed by atoms with Crippen molar-refractivity contribution < 1.29 is 9.84 Å². The molecule has 5 nitrogen and oxygen atoms in total. The second-order valence-corrected chi connectivity index (χ2v) is 5.77. The average Bonchev–Trinajstić information content (AvgIpc) is 2.36. The second kappa shape index (κ2) is 5.61. The van der Waals surface area contributed by atoms with Crippen molar-refractivity contribution in [2.45, 2.75) is 38.9 Å². The Morgan fingerprint density at radius 1 is 1.53 bits per heavy atom. The zero-order valence-corrected chi connectivity index (χ0v) is 12.3. The smallest absolute Gasteiger partial charge is 0.134 e. The first kappa shape index (κ1) is 14.5. The number of rotatable bonds is 3. The molecule has 106 valence electrons. The van der Waals surface area contributed by atoms with Crippen LogP contribution in [0, 0.1) is 0 Å². The van der Waals surface area contributed by atoms with Gasteiger partial charge in [0.05, 0.1) is 18.3 Å². The first-order valence-corrected chi connectivity index (χ1v) is 6.88. The molecule has 0 spiro atoms. The van der Waals surface area contributed by atoms with E-state index < -0.39 is 0 Å². The van der Waals surface area contributed by atoms with Gasteiger partial charge in [-0.25, -0.2) is 9.97 Å². The normalized spacial score (nSPS) is 22.6. The van der Waals surface area contributed by atoms with Crippen LogP contribution in [0.25, 0.3) is 0 Å². The van der Waals surface area contributed by atoms with E-state index >= 15 is 0 Å². The fraction of sp³-hybridized carbons (Fsp3) is 0.692. The van der Waals surface area contributed by atoms with Gasteiger partial charge in [-0.2, -0.15) is 0 Å². The van der Waals surface area contributed by atoms with Crippen LogP contribution in [-0.2, 0) is 11.2 Å². The molecule has 1 aliphatic rings. The van der Waals surface area contributed by atoms with Gasteiger partial charge in [0.25, 0.3) is 0 Å². The molecule has 0 bridgehead atoms. The highest BCUT2D eigenvalue weighted by atomic mass is 35.5. The van der Waals surface area contributed by atoms with Crippen LogP contribution in [0.4, 0.5) is 5.82 Å². The minimum absolute atomic E-state index is 0.000614. The van der Waals surface area contributed by atoms with Crippen LogP contribution in [0.2, 0.25) is 5.15 Å². The predicted molar refractivity (Wildman–Crippen MR) is 74.7 cm³/mol. The molecule has 1 aromatic rings. The number of aliphatic hydroxyl groups is 1. The molecule has 1 aliphatic heterocycles. The number of aromatic nitrogens is 2. The molecule has 6 heteroatoms. The molecule has 1 N–H and O–H groups in total. The number of anilines is 1. The van der Waals surface area contributed by atoms with Crippen molar-refractivity contribution in [3.05, 3.63) is 17.0 Å². The van der Waals surface area contributed by atoms with E-state index in [0.29, 0.717) is 18.2 Å². The summed E-state index contributed by atoms with van der Waals surface area (Å²) >= 11 is 6.03. The Hall–Kier alpha value is -0.910. The summed E-state index contributed by atoms with van der Waals surface area (Å²) in [6.07, 6.45) is 0.535. The maximum absolute atomic E-state index is 9.33. The van der Waals surface area contributed by atoms with E-state index in [4.69, 9.17) is 16.3 Å². The highest BCUT2D eigenvalue weighted by Crippen LogP contribution is 2.26. The lowest BCUT2D eigenvalue weighted by molar-refractivity contribution is -0.101. The van der Waals surface area contributed by atoms with Crippen LogP contribution >= 0.6 is 11.6 Å². The van der Waals surface area contributed by atoms with Gasteiger partial charge in [-0.15, -0.1) is 0 Å². The Morgan fingerprint density at radius 3 is 2.89 bits per heavy atom. The van der Waals surface area contributed by atoms with E-state index in [1.54, 1.807) is 6.07 Å². The Kier molecular flexibility index (Phi) is 4.28. The minimum atomic E-state index is -0.324. The van der Waals surface area contributed by atoms with Crippen LogP contribution in [0.5, 0.6) is 0 Å². The summed E-state index contributed by atoms with van der Waals surface area (Å²) in [4.78, 5) is 10.8. The van der Waals surface area contributed by atoms with Crippen molar-refractivity contribution >= 4 is 17.4 Å². The topological polar surface area (TPSA) is 58.5 Å². The number of hydrogen-bond acceptors (Lipinski definition) is 5. The monoisotopic (exact) mass is 285 g/mol. The van der Waals surface area contributed by atoms with E-state index in [1.165, 1.54) is 0 Å². The molecule has 1 atom stereocenters. The number of aliphatic hydroxyl groups excluding tert-OH is 1. The summed E-state index contributed by atoms with van der Waals surface area (Å²) < 4.78 is 5.79. The van der Waals surface area contributed by atoms with Crippen molar-refractivity contribution in [1.29, 1.82) is 0 Å². The molecular formula is C13H20ClN3O2. The van der Waals surface area contributed by atoms with E-state index in [-0.39, 0.29) is 18.3 Å². The quantitative estimate of drug-likeness (QED) is 0.856. The molecule has 1 aromatic heterocycles. The zero-order valence-electron chi connectivity index (χ0n) is 11.6. The predicted octanol–water partition coefficient (Wildman–Crippen LogP) is 1.67. The Bertz CT molecular complexity index is 454. The van der Waals surface area contributed by atoms with Gasteiger partial charge in [-0.05, 0) is 13.8 Å². The van der Waals surface area contributed by atoms with Gasteiger partial charge in [0, 0.05) is 25.6 Å². The van der Waals surface area contributed by atoms with E-state index in [1.807, 2.05) is 20.8 Å². The van der Waals surface area contributed by atoms with Gasteiger partial charge in [0.15, 0.2) is 0 Å². The minimum Gasteiger partial charge on any atom is -0.394 e. The van der Waals surface area contributed by atoms with Crippen molar-refractivity contribution in [3.8, 4) is 0 Å². The second-order valence-electron chi connectivity index (χ2n) is 5.38. The van der Waals surface area contributed by atoms with E-state index in [0.717, 1.165) is 18.1 Å². The fourth-order valence-electron chi connectivity index (χ4n) is 2.34. The number of nitrogens with zero attached hydrogens (tertiary/aromatic N) is 3. The highest BCUT2D eigenvalue weighted by molar-refractivity contribution is 6.29. The Morgan fingerprint density at radius 2 is 2.26 bits per heavy atom. The Labute approximate surface area is 118 Å². The van der Waals surface area contributed by atoms with Gasteiger partial charge in [-0.3, -0.25) is 0 Å². The SMILES string of the molecule is CCc1nc(Cl)cc(N2CC(CO)OC(C)(C)C2)n1. The number of ether oxygens (including phenoxy) is 1. The molecule has 19 heavy (non-hydrogen) atoms. The molecule has 0 radical (unpaired) electrons. The van der Waals surface area contributed by atoms with Gasteiger partial charge in [0.2, 0.25) is 0 Å². The molecule has 1 saturated heterocycles. The third kappa shape index (κ3) is 3.55. The largest absolute Gasteiger partial charge is 0.394 e. The van der Waals surface area contributed by atoms with Crippen molar-refractivity contribution in [3.63, 3.8) is 0 Å². The summed E-state index contributed by atoms with van der Waals surface area (Å²) in [6.45, 7) is 7.32. The van der Waals surface area contributed by atoms with Crippen LogP contribution in [0.1, 0.15) is 26.6 Å². The number of aryl methyl sites for hydroxylation is 1. The third-order valence-electron chi connectivity index (χ3n) is 3.05. The highest BCUT2D eigenvalue weighted by Gasteiger charge is 2.33. The van der Waals surface area contributed by atoms with Gasteiger partial charge in [-0.1, -0.05) is 18.5 Å². The van der Waals surface area contributed by atoms with Crippen LogP contribution in [0.3, 0.4) is 0 Å². The van der Waals surface area contributed by atoms with Crippen LogP contribution in [0.15, 0.2) is 6.07 Å². The molecule has 1 unspecified atom stereocenters. The van der Waals surface area contributed by atoms with Crippen LogP contribution in [-0.4, -0.2) is 46.5 Å². The first-order chi connectivity index (χ1) is 8.93. The summed E-state index contributed by atoms with van der Waals surface area (Å²) in [7, 11) is 0. The van der Waals surface area contributed by atoms with Crippen molar-refractivity contribution in [1.82, 2.24) is 9.97 Å². The van der Waals surface area contributed by atoms with E-state index in [9.17, 15) is 5.11 Å². The number of hydrogen-bond donors (Lipinski definition) is 1. The molecule has 2 heterocycles. The van der Waals surface area contributed by atoms with E-state index in [2.05, 4.69) is 14.9 Å². The molecule has 0 amide bonds. The first-order valence-electron chi connectivity index (χ1n) is 6.50. The lowest BCUT2D eigenvalue weighted by Crippen LogP contribution is -2.54. The average molecular weight is 286 g/mol. The molecule has 0 aromatic carbocycles. The van der Waals surface area contributed by atoms with Crippen LogP contribution < -0.4 is 4.90 Å².